The maximum Gasteiger partial charge on any atom is 0.153 e. The summed E-state index contributed by atoms with van der Waals surface area (Å²) in [7, 11) is 0. The molecule has 0 aromatic heterocycles. The minimum Gasteiger partial charge on any atom is -0.306 e. The average Bonchev–Trinajstić information content (AvgIpc) is 2.31. The van der Waals surface area contributed by atoms with Gasteiger partial charge in [-0.25, -0.2) is 4.21 Å². The molecule has 0 heterocycles. The average molecular weight is 218 g/mol. The number of hydrogen-bond donors (Lipinski definition) is 1. The molecule has 3 atom stereocenters. The van der Waals surface area contributed by atoms with Gasteiger partial charge in [0.1, 0.15) is 6.29 Å². The lowest BCUT2D eigenvalue weighted by molar-refractivity contribution is -0.109. The Balaban J connectivity index is 2.64. The summed E-state index contributed by atoms with van der Waals surface area (Å²) in [4.78, 5) is 10.5. The first-order valence-corrected chi connectivity index (χ1v) is 6.27. The van der Waals surface area contributed by atoms with Crippen LogP contribution in [-0.4, -0.2) is 20.8 Å². The van der Waals surface area contributed by atoms with Crippen LogP contribution in [-0.2, 0) is 15.9 Å². The monoisotopic (exact) mass is 218 g/mol. The second kappa shape index (κ2) is 4.53. The molecule has 82 valence electrons. The lowest BCUT2D eigenvalue weighted by atomic mass is 9.75. The first-order valence-electron chi connectivity index (χ1n) is 4.99. The van der Waals surface area contributed by atoms with Crippen molar-refractivity contribution in [2.45, 2.75) is 33.1 Å². The number of aldehydes is 1. The van der Waals surface area contributed by atoms with Crippen LogP contribution in [0.1, 0.15) is 33.1 Å². The number of carbonyl (C=O) groups excluding carboxylic acids is 1. The van der Waals surface area contributed by atoms with E-state index in [1.165, 1.54) is 0 Å². The molecule has 0 saturated heterocycles. The zero-order valence-corrected chi connectivity index (χ0v) is 9.55. The molecule has 1 aliphatic carbocycles. The van der Waals surface area contributed by atoms with Crippen LogP contribution >= 0.6 is 0 Å². The molecular formula is C10H18O3S. The Morgan fingerprint density at radius 3 is 2.50 bits per heavy atom. The molecule has 0 bridgehead atoms. The van der Waals surface area contributed by atoms with Gasteiger partial charge < -0.3 is 9.35 Å². The predicted octanol–water partition coefficient (Wildman–Crippen LogP) is 1.85. The van der Waals surface area contributed by atoms with Gasteiger partial charge >= 0.3 is 0 Å². The highest BCUT2D eigenvalue weighted by Crippen LogP contribution is 2.48. The Labute approximate surface area is 87.6 Å². The van der Waals surface area contributed by atoms with E-state index >= 15 is 0 Å². The van der Waals surface area contributed by atoms with Crippen LogP contribution in [0.3, 0.4) is 0 Å². The Morgan fingerprint density at radius 2 is 2.00 bits per heavy atom. The molecule has 1 rings (SSSR count). The minimum absolute atomic E-state index is 0.0271. The fourth-order valence-corrected chi connectivity index (χ4v) is 3.43. The topological polar surface area (TPSA) is 54.4 Å². The van der Waals surface area contributed by atoms with Crippen molar-refractivity contribution in [3.63, 3.8) is 0 Å². The van der Waals surface area contributed by atoms with E-state index in [4.69, 9.17) is 4.55 Å². The summed E-state index contributed by atoms with van der Waals surface area (Å²) >= 11 is -1.71. The molecule has 1 saturated carbocycles. The van der Waals surface area contributed by atoms with Crippen LogP contribution in [0.15, 0.2) is 0 Å². The SMILES string of the molecule is CC1(C)C(CC=O)CCC1CS(=O)O. The van der Waals surface area contributed by atoms with Crippen molar-refractivity contribution in [3.8, 4) is 0 Å². The fourth-order valence-electron chi connectivity index (χ4n) is 2.49. The molecule has 0 radical (unpaired) electrons. The van der Waals surface area contributed by atoms with Crippen LogP contribution in [0.4, 0.5) is 0 Å². The first-order chi connectivity index (χ1) is 6.48. The largest absolute Gasteiger partial charge is 0.306 e. The van der Waals surface area contributed by atoms with E-state index in [1.807, 2.05) is 0 Å². The smallest absolute Gasteiger partial charge is 0.153 e. The maximum absolute atomic E-state index is 10.7. The van der Waals surface area contributed by atoms with E-state index in [0.29, 0.717) is 18.1 Å². The van der Waals surface area contributed by atoms with Crippen molar-refractivity contribution in [3.05, 3.63) is 0 Å². The Kier molecular flexibility index (Phi) is 3.84. The predicted molar refractivity (Wildman–Crippen MR) is 56.3 cm³/mol. The fraction of sp³-hybridized carbons (Fsp3) is 0.900. The summed E-state index contributed by atoms with van der Waals surface area (Å²) in [5.41, 5.74) is 0.0271. The normalized spacial score (nSPS) is 32.8. The first kappa shape index (κ1) is 11.9. The van der Waals surface area contributed by atoms with Gasteiger partial charge in [0, 0.05) is 6.42 Å². The Bertz CT molecular complexity index is 238. The van der Waals surface area contributed by atoms with Crippen molar-refractivity contribution in [2.24, 2.45) is 17.3 Å². The van der Waals surface area contributed by atoms with E-state index in [-0.39, 0.29) is 11.3 Å². The van der Waals surface area contributed by atoms with Gasteiger partial charge in [-0.1, -0.05) is 13.8 Å². The van der Waals surface area contributed by atoms with Crippen LogP contribution in [0.5, 0.6) is 0 Å². The third kappa shape index (κ3) is 2.42. The standard InChI is InChI=1S/C10H18O3S/c1-10(2)8(5-6-11)3-4-9(10)7-14(12)13/h6,8-9H,3-5,7H2,1-2H3,(H,12,13). The van der Waals surface area contributed by atoms with Gasteiger partial charge in [-0.05, 0) is 30.1 Å². The lowest BCUT2D eigenvalue weighted by Crippen LogP contribution is -2.28. The number of rotatable bonds is 4. The van der Waals surface area contributed by atoms with Gasteiger partial charge in [-0.3, -0.25) is 0 Å². The second-order valence-electron chi connectivity index (χ2n) is 4.68. The van der Waals surface area contributed by atoms with Crippen molar-refractivity contribution >= 4 is 17.4 Å². The van der Waals surface area contributed by atoms with E-state index < -0.39 is 11.1 Å². The van der Waals surface area contributed by atoms with Gasteiger partial charge in [0.15, 0.2) is 11.1 Å². The van der Waals surface area contributed by atoms with Gasteiger partial charge in [0.05, 0.1) is 5.75 Å². The van der Waals surface area contributed by atoms with E-state index in [1.54, 1.807) is 0 Å². The summed E-state index contributed by atoms with van der Waals surface area (Å²) in [5.74, 6) is 1.01. The highest BCUT2D eigenvalue weighted by Gasteiger charge is 2.42. The van der Waals surface area contributed by atoms with E-state index in [9.17, 15) is 9.00 Å². The van der Waals surface area contributed by atoms with Crippen LogP contribution in [0.25, 0.3) is 0 Å². The Morgan fingerprint density at radius 1 is 1.43 bits per heavy atom. The summed E-state index contributed by atoms with van der Waals surface area (Å²) in [5, 5.41) is 0. The molecule has 3 unspecified atom stereocenters. The molecule has 3 nitrogen and oxygen atoms in total. The number of carbonyl (C=O) groups is 1. The summed E-state index contributed by atoms with van der Waals surface area (Å²) in [6.07, 6.45) is 3.53. The maximum atomic E-state index is 10.7. The summed E-state index contributed by atoms with van der Waals surface area (Å²) < 4.78 is 19.6. The zero-order valence-electron chi connectivity index (χ0n) is 8.73. The number of hydrogen-bond acceptors (Lipinski definition) is 2. The third-order valence-corrected chi connectivity index (χ3v) is 4.38. The van der Waals surface area contributed by atoms with Crippen LogP contribution in [0, 0.1) is 17.3 Å². The third-order valence-electron chi connectivity index (χ3n) is 3.69. The Hall–Kier alpha value is -0.220. The van der Waals surface area contributed by atoms with Crippen LogP contribution in [0.2, 0.25) is 0 Å². The van der Waals surface area contributed by atoms with Crippen molar-refractivity contribution in [2.75, 3.05) is 5.75 Å². The van der Waals surface area contributed by atoms with E-state index in [0.717, 1.165) is 19.1 Å². The summed E-state index contributed by atoms with van der Waals surface area (Å²) in [6.45, 7) is 4.21. The lowest BCUT2D eigenvalue weighted by Gasteiger charge is -2.31. The molecule has 14 heavy (non-hydrogen) atoms. The molecule has 1 fully saturated rings. The molecule has 0 amide bonds. The van der Waals surface area contributed by atoms with E-state index in [2.05, 4.69) is 13.8 Å². The van der Waals surface area contributed by atoms with Crippen molar-refractivity contribution in [1.82, 2.24) is 0 Å². The zero-order chi connectivity index (χ0) is 10.8. The molecule has 0 aliphatic heterocycles. The van der Waals surface area contributed by atoms with Crippen molar-refractivity contribution < 1.29 is 13.6 Å². The molecule has 0 spiro atoms. The van der Waals surface area contributed by atoms with Gasteiger partial charge in [0.2, 0.25) is 0 Å². The molecule has 0 aromatic rings. The van der Waals surface area contributed by atoms with Gasteiger partial charge in [-0.15, -0.1) is 0 Å². The molecular weight excluding hydrogens is 200 g/mol. The van der Waals surface area contributed by atoms with Crippen molar-refractivity contribution in [1.29, 1.82) is 0 Å². The van der Waals surface area contributed by atoms with Crippen LogP contribution < -0.4 is 0 Å². The highest BCUT2D eigenvalue weighted by atomic mass is 32.2. The van der Waals surface area contributed by atoms with Gasteiger partial charge in [0.25, 0.3) is 0 Å². The molecule has 1 N–H and O–H groups in total. The second-order valence-corrected chi connectivity index (χ2v) is 5.66. The van der Waals surface area contributed by atoms with Gasteiger partial charge in [-0.2, -0.15) is 0 Å². The highest BCUT2D eigenvalue weighted by molar-refractivity contribution is 7.79. The quantitative estimate of drug-likeness (QED) is 0.578. The summed E-state index contributed by atoms with van der Waals surface area (Å²) in [6, 6.07) is 0. The molecule has 1 aliphatic rings. The minimum atomic E-state index is -1.71. The molecule has 4 heteroatoms. The molecule has 0 aromatic carbocycles.